The third-order valence-corrected chi connectivity index (χ3v) is 6.30. The highest BCUT2D eigenvalue weighted by Gasteiger charge is 2.43. The second kappa shape index (κ2) is 8.25. The first kappa shape index (κ1) is 19.9. The summed E-state index contributed by atoms with van der Waals surface area (Å²) in [6.45, 7) is 2.09. The number of hydrogen-bond donors (Lipinski definition) is 0. The highest BCUT2D eigenvalue weighted by atomic mass is 14.8. The Morgan fingerprint density at radius 3 is 2.41 bits per heavy atom. The number of rotatable bonds is 5. The molecule has 4 nitrogen and oxygen atoms in total. The smallest absolute Gasteiger partial charge is 0.102 e. The van der Waals surface area contributed by atoms with Gasteiger partial charge in [-0.3, -0.25) is 9.97 Å². The van der Waals surface area contributed by atoms with Crippen LogP contribution >= 0.6 is 0 Å². The molecule has 0 bridgehead atoms. The Balaban J connectivity index is 1.76. The first-order valence-corrected chi connectivity index (χ1v) is 11.0. The van der Waals surface area contributed by atoms with E-state index in [0.29, 0.717) is 29.0 Å². The van der Waals surface area contributed by atoms with E-state index in [1.807, 2.05) is 36.4 Å². The summed E-state index contributed by atoms with van der Waals surface area (Å²) in [6, 6.07) is 25.0. The van der Waals surface area contributed by atoms with Crippen LogP contribution in [0, 0.1) is 22.7 Å². The fourth-order valence-corrected chi connectivity index (χ4v) is 4.72. The van der Waals surface area contributed by atoms with Crippen LogP contribution in [0.25, 0.3) is 22.0 Å². The molecule has 2 unspecified atom stereocenters. The Morgan fingerprint density at radius 2 is 1.66 bits per heavy atom. The molecule has 2 heterocycles. The molecule has 0 amide bonds. The number of nitrogens with zero attached hydrogens (tertiary/aromatic N) is 4. The largest absolute Gasteiger partial charge is 0.256 e. The molecule has 0 radical (unpaired) electrons. The maximum atomic E-state index is 10.3. The summed E-state index contributed by atoms with van der Waals surface area (Å²) in [6.07, 6.45) is 4.32. The molecule has 154 valence electrons. The van der Waals surface area contributed by atoms with Crippen LogP contribution in [0.4, 0.5) is 0 Å². The van der Waals surface area contributed by atoms with Gasteiger partial charge in [0.15, 0.2) is 0 Å². The van der Waals surface area contributed by atoms with Gasteiger partial charge in [0.1, 0.15) is 12.1 Å². The zero-order valence-corrected chi connectivity index (χ0v) is 17.9. The standard InChI is InChI=1S/C28H22N4/c1-2-8-26-23(16-29)27(20-13-14-31-25-12-7-6-11-19(20)25)24(17-30)28(32-26)22-15-21(22)18-9-4-3-5-10-18/h3-7,9-14,21-22H,2,8,15H2,1H3. The molecule has 2 atom stereocenters. The number of fused-ring (bicyclic) bond motifs is 1. The van der Waals surface area contributed by atoms with Gasteiger partial charge < -0.3 is 0 Å². The van der Waals surface area contributed by atoms with Crippen LogP contribution in [0.15, 0.2) is 66.9 Å². The van der Waals surface area contributed by atoms with Gasteiger partial charge in [-0.15, -0.1) is 0 Å². The van der Waals surface area contributed by atoms with Gasteiger partial charge in [0.25, 0.3) is 0 Å². The van der Waals surface area contributed by atoms with Gasteiger partial charge in [0.2, 0.25) is 0 Å². The van der Waals surface area contributed by atoms with Gasteiger partial charge in [-0.1, -0.05) is 61.9 Å². The molecule has 32 heavy (non-hydrogen) atoms. The Labute approximate surface area is 187 Å². The fraction of sp³-hybridized carbons (Fsp3) is 0.214. The van der Waals surface area contributed by atoms with Gasteiger partial charge in [0, 0.05) is 23.1 Å². The lowest BCUT2D eigenvalue weighted by Crippen LogP contribution is -2.07. The van der Waals surface area contributed by atoms with E-state index in [9.17, 15) is 10.5 Å². The topological polar surface area (TPSA) is 73.4 Å². The quantitative estimate of drug-likeness (QED) is 0.386. The van der Waals surface area contributed by atoms with Gasteiger partial charge in [0.05, 0.1) is 28.0 Å². The third kappa shape index (κ3) is 3.31. The summed E-state index contributed by atoms with van der Waals surface area (Å²) in [5, 5.41) is 21.4. The maximum Gasteiger partial charge on any atom is 0.102 e. The van der Waals surface area contributed by atoms with Crippen LogP contribution in [-0.2, 0) is 6.42 Å². The van der Waals surface area contributed by atoms with E-state index >= 15 is 0 Å². The van der Waals surface area contributed by atoms with Crippen molar-refractivity contribution < 1.29 is 0 Å². The van der Waals surface area contributed by atoms with E-state index in [1.54, 1.807) is 6.20 Å². The molecular formula is C28H22N4. The summed E-state index contributed by atoms with van der Waals surface area (Å²) in [5.41, 5.74) is 6.38. The van der Waals surface area contributed by atoms with E-state index < -0.39 is 0 Å². The second-order valence-corrected chi connectivity index (χ2v) is 8.28. The highest BCUT2D eigenvalue weighted by Crippen LogP contribution is 2.56. The molecule has 0 spiro atoms. The minimum absolute atomic E-state index is 0.197. The van der Waals surface area contributed by atoms with Crippen molar-refractivity contribution in [3.05, 3.63) is 94.9 Å². The molecule has 2 aromatic carbocycles. The number of nitriles is 2. The first-order chi connectivity index (χ1) is 15.8. The average molecular weight is 415 g/mol. The Morgan fingerprint density at radius 1 is 0.906 bits per heavy atom. The van der Waals surface area contributed by atoms with Crippen molar-refractivity contribution in [1.82, 2.24) is 9.97 Å². The SMILES string of the molecule is CCCc1nc(C2CC2c2ccccc2)c(C#N)c(-c2ccnc3ccccc23)c1C#N. The predicted molar refractivity (Wildman–Crippen MR) is 125 cm³/mol. The second-order valence-electron chi connectivity index (χ2n) is 8.28. The zero-order chi connectivity index (χ0) is 22.1. The molecule has 0 aliphatic heterocycles. The van der Waals surface area contributed by atoms with Crippen molar-refractivity contribution in [2.45, 2.75) is 38.0 Å². The van der Waals surface area contributed by atoms with Crippen molar-refractivity contribution in [2.24, 2.45) is 0 Å². The monoisotopic (exact) mass is 414 g/mol. The van der Waals surface area contributed by atoms with E-state index in [2.05, 4.69) is 48.3 Å². The summed E-state index contributed by atoms with van der Waals surface area (Å²) in [4.78, 5) is 9.42. The molecule has 1 aliphatic carbocycles. The number of pyridine rings is 2. The average Bonchev–Trinajstić information content (AvgIpc) is 3.64. The molecule has 4 heteroatoms. The van der Waals surface area contributed by atoms with Crippen LogP contribution < -0.4 is 0 Å². The fourth-order valence-electron chi connectivity index (χ4n) is 4.72. The van der Waals surface area contributed by atoms with Crippen LogP contribution in [-0.4, -0.2) is 9.97 Å². The Bertz CT molecular complexity index is 1390. The Hall–Kier alpha value is -4.02. The number of para-hydroxylation sites is 1. The van der Waals surface area contributed by atoms with Gasteiger partial charge >= 0.3 is 0 Å². The van der Waals surface area contributed by atoms with Crippen LogP contribution in [0.1, 0.15) is 59.7 Å². The first-order valence-electron chi connectivity index (χ1n) is 11.0. The normalized spacial score (nSPS) is 17.0. The van der Waals surface area contributed by atoms with Crippen LogP contribution in [0.5, 0.6) is 0 Å². The molecule has 1 fully saturated rings. The van der Waals surface area contributed by atoms with E-state index in [4.69, 9.17) is 4.98 Å². The molecule has 5 rings (SSSR count). The van der Waals surface area contributed by atoms with Crippen molar-refractivity contribution in [2.75, 3.05) is 0 Å². The number of hydrogen-bond acceptors (Lipinski definition) is 4. The van der Waals surface area contributed by atoms with E-state index in [1.165, 1.54) is 5.56 Å². The maximum absolute atomic E-state index is 10.3. The van der Waals surface area contributed by atoms with Crippen molar-refractivity contribution in [3.8, 4) is 23.3 Å². The molecule has 0 N–H and O–H groups in total. The highest BCUT2D eigenvalue weighted by molar-refractivity contribution is 5.97. The van der Waals surface area contributed by atoms with Crippen molar-refractivity contribution >= 4 is 10.9 Å². The minimum atomic E-state index is 0.197. The zero-order valence-electron chi connectivity index (χ0n) is 17.9. The molecule has 1 aliphatic rings. The van der Waals surface area contributed by atoms with E-state index in [0.717, 1.165) is 40.7 Å². The lowest BCUT2D eigenvalue weighted by molar-refractivity contribution is 0.847. The van der Waals surface area contributed by atoms with Crippen LogP contribution in [0.2, 0.25) is 0 Å². The predicted octanol–water partition coefficient (Wildman–Crippen LogP) is 6.26. The summed E-state index contributed by atoms with van der Waals surface area (Å²) >= 11 is 0. The van der Waals surface area contributed by atoms with E-state index in [-0.39, 0.29) is 5.92 Å². The lowest BCUT2D eigenvalue weighted by atomic mass is 9.89. The number of aryl methyl sites for hydroxylation is 1. The molecular weight excluding hydrogens is 392 g/mol. The van der Waals surface area contributed by atoms with Gasteiger partial charge in [-0.2, -0.15) is 10.5 Å². The molecule has 1 saturated carbocycles. The number of benzene rings is 2. The molecule has 0 saturated heterocycles. The van der Waals surface area contributed by atoms with Gasteiger partial charge in [-0.25, -0.2) is 0 Å². The summed E-state index contributed by atoms with van der Waals surface area (Å²) in [7, 11) is 0. The van der Waals surface area contributed by atoms with Gasteiger partial charge in [-0.05, 0) is 42.0 Å². The Kier molecular flexibility index (Phi) is 5.13. The molecule has 4 aromatic rings. The summed E-state index contributed by atoms with van der Waals surface area (Å²) in [5.74, 6) is 0.558. The van der Waals surface area contributed by atoms with Crippen molar-refractivity contribution in [1.29, 1.82) is 10.5 Å². The third-order valence-electron chi connectivity index (χ3n) is 6.30. The van der Waals surface area contributed by atoms with Crippen LogP contribution in [0.3, 0.4) is 0 Å². The van der Waals surface area contributed by atoms with Crippen molar-refractivity contribution in [3.63, 3.8) is 0 Å². The summed E-state index contributed by atoms with van der Waals surface area (Å²) < 4.78 is 0. The lowest BCUT2D eigenvalue weighted by Gasteiger charge is -2.16. The number of aromatic nitrogens is 2. The minimum Gasteiger partial charge on any atom is -0.256 e. The molecule has 2 aromatic heterocycles.